The molecule has 0 fully saturated rings. The molecule has 0 bridgehead atoms. The quantitative estimate of drug-likeness (QED) is 0.730. The highest BCUT2D eigenvalue weighted by Crippen LogP contribution is 2.15. The summed E-state index contributed by atoms with van der Waals surface area (Å²) in [6.45, 7) is 6.90. The maximum absolute atomic E-state index is 10.9. The van der Waals surface area contributed by atoms with Gasteiger partial charge in [-0.15, -0.1) is 0 Å². The molecule has 1 aromatic carbocycles. The van der Waals surface area contributed by atoms with Crippen LogP contribution in [0.2, 0.25) is 0 Å². The van der Waals surface area contributed by atoms with Gasteiger partial charge < -0.3 is 15.2 Å². The van der Waals surface area contributed by atoms with Crippen LogP contribution in [-0.4, -0.2) is 29.8 Å². The molecule has 112 valence electrons. The summed E-state index contributed by atoms with van der Waals surface area (Å²) in [5.74, 6) is 0.0819. The van der Waals surface area contributed by atoms with Gasteiger partial charge in [-0.2, -0.15) is 0 Å². The third kappa shape index (κ3) is 6.57. The topological polar surface area (TPSA) is 58.6 Å². The molecule has 4 nitrogen and oxygen atoms in total. The zero-order valence-electron chi connectivity index (χ0n) is 12.6. The molecule has 0 radical (unpaired) electrons. The van der Waals surface area contributed by atoms with E-state index in [2.05, 4.69) is 12.2 Å². The first-order valence-corrected chi connectivity index (χ1v) is 7.22. The van der Waals surface area contributed by atoms with Crippen molar-refractivity contribution in [2.45, 2.75) is 52.2 Å². The minimum Gasteiger partial charge on any atom is -0.491 e. The third-order valence-electron chi connectivity index (χ3n) is 2.88. The fraction of sp³-hybridized carbons (Fsp3) is 0.562. The normalized spacial score (nSPS) is 12.4. The van der Waals surface area contributed by atoms with E-state index >= 15 is 0 Å². The first kappa shape index (κ1) is 16.5. The third-order valence-corrected chi connectivity index (χ3v) is 2.88. The first-order chi connectivity index (χ1) is 9.51. The van der Waals surface area contributed by atoms with Crippen LogP contribution < -0.4 is 10.1 Å². The van der Waals surface area contributed by atoms with Crippen LogP contribution in [0.25, 0.3) is 0 Å². The molecule has 0 heterocycles. The largest absolute Gasteiger partial charge is 0.491 e. The molecule has 0 aliphatic carbocycles. The van der Waals surface area contributed by atoms with Gasteiger partial charge in [0.05, 0.1) is 12.5 Å². The lowest BCUT2D eigenvalue weighted by molar-refractivity contribution is -0.137. The second kappa shape index (κ2) is 8.59. The molecule has 0 aromatic heterocycles. The highest BCUT2D eigenvalue weighted by atomic mass is 16.5. The summed E-state index contributed by atoms with van der Waals surface area (Å²) in [5, 5.41) is 12.2. The second-order valence-corrected chi connectivity index (χ2v) is 5.26. The lowest BCUT2D eigenvalue weighted by Gasteiger charge is -2.17. The Morgan fingerprint density at radius 3 is 2.45 bits per heavy atom. The Labute approximate surface area is 121 Å². The van der Waals surface area contributed by atoms with Crippen LogP contribution in [0.1, 0.15) is 39.2 Å². The minimum absolute atomic E-state index is 0.0238. The van der Waals surface area contributed by atoms with E-state index in [1.165, 1.54) is 0 Å². The molecule has 1 atom stereocenters. The van der Waals surface area contributed by atoms with Gasteiger partial charge in [0, 0.05) is 6.04 Å². The number of carboxylic acids is 1. The molecule has 4 heteroatoms. The molecule has 0 amide bonds. The number of aliphatic carboxylic acids is 1. The molecule has 1 rings (SSSR count). The first-order valence-electron chi connectivity index (χ1n) is 7.22. The molecular weight excluding hydrogens is 254 g/mol. The van der Waals surface area contributed by atoms with Crippen molar-refractivity contribution in [3.05, 3.63) is 29.8 Å². The second-order valence-electron chi connectivity index (χ2n) is 5.26. The van der Waals surface area contributed by atoms with E-state index in [4.69, 9.17) is 9.84 Å². The Hall–Kier alpha value is -1.55. The Bertz CT molecular complexity index is 401. The molecule has 0 aliphatic heterocycles. The Balaban J connectivity index is 2.60. The van der Waals surface area contributed by atoms with Crippen molar-refractivity contribution < 1.29 is 14.6 Å². The van der Waals surface area contributed by atoms with Crippen LogP contribution in [0.3, 0.4) is 0 Å². The monoisotopic (exact) mass is 279 g/mol. The number of ether oxygens (including phenoxy) is 1. The molecule has 1 unspecified atom stereocenters. The van der Waals surface area contributed by atoms with Gasteiger partial charge in [-0.1, -0.05) is 19.1 Å². The van der Waals surface area contributed by atoms with Crippen LogP contribution in [0.4, 0.5) is 0 Å². The standard InChI is InChI=1S/C16H25NO3/c1-4-9-17-14(11-16(18)19)10-13-5-7-15(8-6-13)20-12(2)3/h5-8,12,14,17H,4,9-11H2,1-3H3,(H,18,19). The van der Waals surface area contributed by atoms with E-state index in [1.54, 1.807) is 0 Å². The number of hydrogen-bond acceptors (Lipinski definition) is 3. The van der Waals surface area contributed by atoms with E-state index in [0.717, 1.165) is 24.3 Å². The van der Waals surface area contributed by atoms with Gasteiger partial charge in [-0.25, -0.2) is 0 Å². The van der Waals surface area contributed by atoms with E-state index in [9.17, 15) is 4.79 Å². The number of hydrogen-bond donors (Lipinski definition) is 2. The molecule has 0 aliphatic rings. The van der Waals surface area contributed by atoms with Gasteiger partial charge in [-0.05, 0) is 50.9 Å². The van der Waals surface area contributed by atoms with Gasteiger partial charge in [0.25, 0.3) is 0 Å². The predicted octanol–water partition coefficient (Wildman–Crippen LogP) is 2.86. The molecule has 0 saturated heterocycles. The Kier molecular flexibility index (Phi) is 7.09. The van der Waals surface area contributed by atoms with Gasteiger partial charge in [0.15, 0.2) is 0 Å². The maximum atomic E-state index is 10.9. The average molecular weight is 279 g/mol. The number of carboxylic acid groups (broad SMARTS) is 1. The minimum atomic E-state index is -0.765. The van der Waals surface area contributed by atoms with Gasteiger partial charge in [-0.3, -0.25) is 4.79 Å². The van der Waals surface area contributed by atoms with Crippen molar-refractivity contribution in [3.63, 3.8) is 0 Å². The highest BCUT2D eigenvalue weighted by Gasteiger charge is 2.13. The van der Waals surface area contributed by atoms with Crippen LogP contribution in [-0.2, 0) is 11.2 Å². The van der Waals surface area contributed by atoms with Crippen LogP contribution in [0.5, 0.6) is 5.75 Å². The predicted molar refractivity (Wildman–Crippen MR) is 80.2 cm³/mol. The lowest BCUT2D eigenvalue weighted by atomic mass is 10.0. The Morgan fingerprint density at radius 1 is 1.30 bits per heavy atom. The summed E-state index contributed by atoms with van der Waals surface area (Å²) >= 11 is 0. The summed E-state index contributed by atoms with van der Waals surface area (Å²) in [4.78, 5) is 10.9. The van der Waals surface area contributed by atoms with Crippen molar-refractivity contribution in [1.29, 1.82) is 0 Å². The number of benzene rings is 1. The number of carbonyl (C=O) groups is 1. The maximum Gasteiger partial charge on any atom is 0.304 e. The molecule has 1 aromatic rings. The van der Waals surface area contributed by atoms with E-state index in [-0.39, 0.29) is 18.6 Å². The van der Waals surface area contributed by atoms with Crippen molar-refractivity contribution in [3.8, 4) is 5.75 Å². The molecule has 0 spiro atoms. The van der Waals surface area contributed by atoms with Crippen LogP contribution in [0, 0.1) is 0 Å². The van der Waals surface area contributed by atoms with Crippen molar-refractivity contribution >= 4 is 5.97 Å². The zero-order chi connectivity index (χ0) is 15.0. The summed E-state index contributed by atoms with van der Waals surface area (Å²) in [6, 6.07) is 7.85. The summed E-state index contributed by atoms with van der Waals surface area (Å²) in [6.07, 6.45) is 2.02. The van der Waals surface area contributed by atoms with Crippen molar-refractivity contribution in [2.75, 3.05) is 6.54 Å². The van der Waals surface area contributed by atoms with Crippen molar-refractivity contribution in [2.24, 2.45) is 0 Å². The van der Waals surface area contributed by atoms with Crippen molar-refractivity contribution in [1.82, 2.24) is 5.32 Å². The Morgan fingerprint density at radius 2 is 1.95 bits per heavy atom. The summed E-state index contributed by atoms with van der Waals surface area (Å²) in [5.41, 5.74) is 1.12. The summed E-state index contributed by atoms with van der Waals surface area (Å²) < 4.78 is 5.59. The van der Waals surface area contributed by atoms with Gasteiger partial charge >= 0.3 is 5.97 Å². The molecular formula is C16H25NO3. The summed E-state index contributed by atoms with van der Waals surface area (Å²) in [7, 11) is 0. The van der Waals surface area contributed by atoms with Crippen LogP contribution >= 0.6 is 0 Å². The fourth-order valence-electron chi connectivity index (χ4n) is 2.04. The number of nitrogens with one attached hydrogen (secondary N) is 1. The van der Waals surface area contributed by atoms with E-state index in [1.807, 2.05) is 38.1 Å². The molecule has 2 N–H and O–H groups in total. The van der Waals surface area contributed by atoms with E-state index < -0.39 is 5.97 Å². The lowest BCUT2D eigenvalue weighted by Crippen LogP contribution is -2.33. The number of rotatable bonds is 9. The fourth-order valence-corrected chi connectivity index (χ4v) is 2.04. The van der Waals surface area contributed by atoms with Crippen LogP contribution in [0.15, 0.2) is 24.3 Å². The van der Waals surface area contributed by atoms with Gasteiger partial charge in [0.2, 0.25) is 0 Å². The highest BCUT2D eigenvalue weighted by molar-refractivity contribution is 5.67. The van der Waals surface area contributed by atoms with Gasteiger partial charge in [0.1, 0.15) is 5.75 Å². The van der Waals surface area contributed by atoms with E-state index in [0.29, 0.717) is 6.42 Å². The average Bonchev–Trinajstić information content (AvgIpc) is 2.37. The molecule has 20 heavy (non-hydrogen) atoms. The zero-order valence-corrected chi connectivity index (χ0v) is 12.6. The SMILES string of the molecule is CCCNC(CC(=O)O)Cc1ccc(OC(C)C)cc1. The molecule has 0 saturated carbocycles. The smallest absolute Gasteiger partial charge is 0.304 e.